The molecule has 0 saturated carbocycles. The number of rotatable bonds is 1. The van der Waals surface area contributed by atoms with Crippen LogP contribution in [0.4, 0.5) is 5.00 Å². The number of nitrogen functional groups attached to an aromatic ring is 1. The summed E-state index contributed by atoms with van der Waals surface area (Å²) >= 11 is 1.44. The molecule has 4 heteroatoms. The van der Waals surface area contributed by atoms with Crippen molar-refractivity contribution in [3.05, 3.63) is 16.5 Å². The molecule has 2 N–H and O–H groups in total. The van der Waals surface area contributed by atoms with E-state index in [0.717, 1.165) is 25.2 Å². The van der Waals surface area contributed by atoms with Crippen LogP contribution in [-0.2, 0) is 4.74 Å². The Bertz CT molecular complexity index is 347. The molecule has 0 aromatic carbocycles. The van der Waals surface area contributed by atoms with E-state index >= 15 is 0 Å². The minimum absolute atomic E-state index is 0.378. The summed E-state index contributed by atoms with van der Waals surface area (Å²) in [5.74, 6) is 0.378. The van der Waals surface area contributed by atoms with Crippen LogP contribution in [0.25, 0.3) is 0 Å². The molecule has 2 rings (SSSR count). The maximum Gasteiger partial charge on any atom is 0.104 e. The van der Waals surface area contributed by atoms with Gasteiger partial charge in [0.05, 0.1) is 12.2 Å². The second-order valence-electron chi connectivity index (χ2n) is 3.10. The molecular weight excluding hydrogens is 184 g/mol. The van der Waals surface area contributed by atoms with Crippen LogP contribution < -0.4 is 5.73 Å². The molecule has 1 aromatic heterocycles. The van der Waals surface area contributed by atoms with Crippen molar-refractivity contribution >= 4 is 16.3 Å². The maximum atomic E-state index is 8.88. The lowest BCUT2D eigenvalue weighted by molar-refractivity contribution is 0.194. The van der Waals surface area contributed by atoms with Crippen LogP contribution in [-0.4, -0.2) is 13.2 Å². The zero-order chi connectivity index (χ0) is 9.26. The van der Waals surface area contributed by atoms with Crippen LogP contribution in [0.2, 0.25) is 0 Å². The van der Waals surface area contributed by atoms with Crippen LogP contribution in [0.15, 0.2) is 5.38 Å². The van der Waals surface area contributed by atoms with Gasteiger partial charge in [-0.25, -0.2) is 0 Å². The number of thiophene rings is 1. The van der Waals surface area contributed by atoms with Gasteiger partial charge in [0.2, 0.25) is 0 Å². The van der Waals surface area contributed by atoms with E-state index in [0.29, 0.717) is 16.5 Å². The molecule has 1 unspecified atom stereocenters. The van der Waals surface area contributed by atoms with Gasteiger partial charge in [0.1, 0.15) is 11.1 Å². The Morgan fingerprint density at radius 3 is 3.15 bits per heavy atom. The van der Waals surface area contributed by atoms with Gasteiger partial charge in [0.15, 0.2) is 0 Å². The molecule has 2 heterocycles. The second kappa shape index (κ2) is 3.36. The van der Waals surface area contributed by atoms with Crippen molar-refractivity contribution in [3.8, 4) is 6.07 Å². The zero-order valence-corrected chi connectivity index (χ0v) is 7.93. The molecule has 0 aliphatic carbocycles. The number of anilines is 1. The van der Waals surface area contributed by atoms with Crippen molar-refractivity contribution in [2.75, 3.05) is 18.9 Å². The quantitative estimate of drug-likeness (QED) is 0.740. The van der Waals surface area contributed by atoms with Gasteiger partial charge in [-0.3, -0.25) is 0 Å². The van der Waals surface area contributed by atoms with Gasteiger partial charge in [0.25, 0.3) is 0 Å². The van der Waals surface area contributed by atoms with Gasteiger partial charge in [-0.2, -0.15) is 5.26 Å². The standard InChI is InChI=1S/C9H10N2OS/c10-3-7-8(5-13-9(7)11)6-1-2-12-4-6/h5-6H,1-2,4,11H2. The van der Waals surface area contributed by atoms with Crippen molar-refractivity contribution in [3.63, 3.8) is 0 Å². The summed E-state index contributed by atoms with van der Waals surface area (Å²) in [6.07, 6.45) is 1.00. The van der Waals surface area contributed by atoms with Crippen LogP contribution in [0.5, 0.6) is 0 Å². The average molecular weight is 194 g/mol. The van der Waals surface area contributed by atoms with Crippen molar-refractivity contribution in [2.45, 2.75) is 12.3 Å². The first-order valence-corrected chi connectivity index (χ1v) is 5.05. The van der Waals surface area contributed by atoms with E-state index < -0.39 is 0 Å². The molecule has 1 atom stereocenters. The first-order valence-electron chi connectivity index (χ1n) is 4.17. The molecule has 3 nitrogen and oxygen atoms in total. The molecule has 0 amide bonds. The first kappa shape index (κ1) is 8.54. The predicted molar refractivity (Wildman–Crippen MR) is 51.6 cm³/mol. The highest BCUT2D eigenvalue weighted by Gasteiger charge is 2.22. The Hall–Kier alpha value is -1.05. The second-order valence-corrected chi connectivity index (χ2v) is 4.01. The van der Waals surface area contributed by atoms with E-state index in [-0.39, 0.29) is 0 Å². The highest BCUT2D eigenvalue weighted by Crippen LogP contribution is 2.34. The molecule has 1 fully saturated rings. The molecule has 13 heavy (non-hydrogen) atoms. The Kier molecular flexibility index (Phi) is 2.21. The van der Waals surface area contributed by atoms with E-state index in [2.05, 4.69) is 6.07 Å². The molecule has 1 aromatic rings. The van der Waals surface area contributed by atoms with E-state index in [4.69, 9.17) is 15.7 Å². The molecule has 68 valence electrons. The molecular formula is C9H10N2OS. The number of hydrogen-bond donors (Lipinski definition) is 1. The Labute approximate surface area is 80.7 Å². The Balaban J connectivity index is 2.34. The van der Waals surface area contributed by atoms with Crippen LogP contribution >= 0.6 is 11.3 Å². The summed E-state index contributed by atoms with van der Waals surface area (Å²) in [6.45, 7) is 1.52. The molecule has 0 bridgehead atoms. The van der Waals surface area contributed by atoms with Gasteiger partial charge in [-0.1, -0.05) is 0 Å². The maximum absolute atomic E-state index is 8.88. The van der Waals surface area contributed by atoms with Crippen molar-refractivity contribution < 1.29 is 4.74 Å². The fourth-order valence-electron chi connectivity index (χ4n) is 1.59. The SMILES string of the molecule is N#Cc1c(C2CCOC2)csc1N. The highest BCUT2D eigenvalue weighted by molar-refractivity contribution is 7.14. The third-order valence-corrected chi connectivity index (χ3v) is 3.16. The van der Waals surface area contributed by atoms with E-state index in [1.807, 2.05) is 5.38 Å². The lowest BCUT2D eigenvalue weighted by atomic mass is 9.98. The predicted octanol–water partition coefficient (Wildman–Crippen LogP) is 1.71. The van der Waals surface area contributed by atoms with Gasteiger partial charge < -0.3 is 10.5 Å². The van der Waals surface area contributed by atoms with E-state index in [9.17, 15) is 0 Å². The zero-order valence-electron chi connectivity index (χ0n) is 7.12. The van der Waals surface area contributed by atoms with Crippen LogP contribution in [0, 0.1) is 11.3 Å². The highest BCUT2D eigenvalue weighted by atomic mass is 32.1. The smallest absolute Gasteiger partial charge is 0.104 e. The fraction of sp³-hybridized carbons (Fsp3) is 0.444. The lowest BCUT2D eigenvalue weighted by Gasteiger charge is -2.04. The number of nitriles is 1. The summed E-state index contributed by atoms with van der Waals surface area (Å²) in [7, 11) is 0. The molecule has 1 saturated heterocycles. The van der Waals surface area contributed by atoms with Gasteiger partial charge in [-0.15, -0.1) is 11.3 Å². The third kappa shape index (κ3) is 1.41. The normalized spacial score (nSPS) is 21.6. The summed E-state index contributed by atoms with van der Waals surface area (Å²) in [4.78, 5) is 0. The Morgan fingerprint density at radius 2 is 2.54 bits per heavy atom. The third-order valence-electron chi connectivity index (χ3n) is 2.33. The molecule has 1 aliphatic heterocycles. The average Bonchev–Trinajstić information content (AvgIpc) is 2.71. The number of hydrogen-bond acceptors (Lipinski definition) is 4. The summed E-state index contributed by atoms with van der Waals surface area (Å²) in [5, 5.41) is 11.5. The summed E-state index contributed by atoms with van der Waals surface area (Å²) in [6, 6.07) is 2.15. The minimum Gasteiger partial charge on any atom is -0.389 e. The molecule has 0 radical (unpaired) electrons. The molecule has 0 spiro atoms. The molecule has 1 aliphatic rings. The van der Waals surface area contributed by atoms with Crippen LogP contribution in [0.3, 0.4) is 0 Å². The van der Waals surface area contributed by atoms with E-state index in [1.54, 1.807) is 0 Å². The lowest BCUT2D eigenvalue weighted by Crippen LogP contribution is -1.98. The van der Waals surface area contributed by atoms with E-state index in [1.165, 1.54) is 11.3 Å². The van der Waals surface area contributed by atoms with Gasteiger partial charge in [-0.05, 0) is 17.4 Å². The van der Waals surface area contributed by atoms with Crippen molar-refractivity contribution in [1.29, 1.82) is 5.26 Å². The number of ether oxygens (including phenoxy) is 1. The number of nitrogens with two attached hydrogens (primary N) is 1. The van der Waals surface area contributed by atoms with Gasteiger partial charge >= 0.3 is 0 Å². The fourth-order valence-corrected chi connectivity index (χ4v) is 2.43. The Morgan fingerprint density at radius 1 is 1.69 bits per heavy atom. The minimum atomic E-state index is 0.378. The van der Waals surface area contributed by atoms with Crippen LogP contribution in [0.1, 0.15) is 23.5 Å². The number of nitrogens with zero attached hydrogens (tertiary/aromatic N) is 1. The van der Waals surface area contributed by atoms with Crippen molar-refractivity contribution in [1.82, 2.24) is 0 Å². The van der Waals surface area contributed by atoms with Crippen molar-refractivity contribution in [2.24, 2.45) is 0 Å². The largest absolute Gasteiger partial charge is 0.389 e. The monoisotopic (exact) mass is 194 g/mol. The van der Waals surface area contributed by atoms with Gasteiger partial charge in [0, 0.05) is 12.5 Å². The summed E-state index contributed by atoms with van der Waals surface area (Å²) < 4.78 is 5.27. The summed E-state index contributed by atoms with van der Waals surface area (Å²) in [5.41, 5.74) is 7.40. The topological polar surface area (TPSA) is 59.0 Å². The first-order chi connectivity index (χ1) is 6.33.